The fraction of sp³-hybridized carbons (Fsp3) is 0.167. The molecule has 0 saturated heterocycles. The van der Waals surface area contributed by atoms with E-state index in [0.29, 0.717) is 11.3 Å². The molecule has 178 valence electrons. The van der Waals surface area contributed by atoms with Gasteiger partial charge in [-0.25, -0.2) is 4.79 Å². The maximum Gasteiger partial charge on any atom is 0.359 e. The second kappa shape index (κ2) is 9.47. The molecule has 0 saturated carbocycles. The van der Waals surface area contributed by atoms with E-state index in [4.69, 9.17) is 4.74 Å². The molecule has 0 atom stereocenters. The number of aromatic nitrogens is 2. The Morgan fingerprint density at radius 3 is 2.54 bits per heavy atom. The van der Waals surface area contributed by atoms with Crippen LogP contribution in [-0.4, -0.2) is 33.2 Å². The summed E-state index contributed by atoms with van der Waals surface area (Å²) in [5.74, 6) is -1.34. The molecule has 4 rings (SSSR count). The Kier molecular flexibility index (Phi) is 6.43. The van der Waals surface area contributed by atoms with Gasteiger partial charge in [-0.2, -0.15) is 9.78 Å². The number of nitro groups is 1. The zero-order chi connectivity index (χ0) is 25.3. The van der Waals surface area contributed by atoms with Gasteiger partial charge in [0.05, 0.1) is 22.6 Å². The number of rotatable bonds is 6. The van der Waals surface area contributed by atoms with E-state index in [2.05, 4.69) is 10.4 Å². The van der Waals surface area contributed by atoms with E-state index in [9.17, 15) is 24.5 Å². The van der Waals surface area contributed by atoms with Gasteiger partial charge in [0.25, 0.3) is 17.2 Å². The number of nitrogens with one attached hydrogen (secondary N) is 1. The lowest BCUT2D eigenvalue weighted by atomic mass is 10.1. The number of amides is 1. The second-order valence-electron chi connectivity index (χ2n) is 7.69. The number of fused-ring (bicyclic) bond motifs is 1. The molecule has 4 aromatic rings. The van der Waals surface area contributed by atoms with Crippen LogP contribution in [0.2, 0.25) is 0 Å². The van der Waals surface area contributed by atoms with Crippen LogP contribution >= 0.6 is 11.3 Å². The van der Waals surface area contributed by atoms with E-state index in [1.54, 1.807) is 43.5 Å². The third kappa shape index (κ3) is 4.53. The summed E-state index contributed by atoms with van der Waals surface area (Å²) in [5.41, 5.74) is 1.09. The normalized spacial score (nSPS) is 10.8. The van der Waals surface area contributed by atoms with Crippen molar-refractivity contribution in [1.82, 2.24) is 9.78 Å². The van der Waals surface area contributed by atoms with Crippen molar-refractivity contribution in [3.8, 4) is 5.69 Å². The first kappa shape index (κ1) is 23.8. The predicted octanol–water partition coefficient (Wildman–Crippen LogP) is 4.40. The van der Waals surface area contributed by atoms with Crippen LogP contribution in [0.4, 0.5) is 10.7 Å². The summed E-state index contributed by atoms with van der Waals surface area (Å²) in [6.07, 6.45) is 0. The van der Waals surface area contributed by atoms with Crippen LogP contribution in [0.25, 0.3) is 16.5 Å². The van der Waals surface area contributed by atoms with Crippen LogP contribution in [0.1, 0.15) is 38.9 Å². The molecule has 0 aliphatic heterocycles. The molecule has 0 aliphatic rings. The lowest BCUT2D eigenvalue weighted by Gasteiger charge is -2.10. The number of benzene rings is 2. The summed E-state index contributed by atoms with van der Waals surface area (Å²) < 4.78 is 6.22. The molecule has 2 aromatic heterocycles. The topological polar surface area (TPSA) is 133 Å². The number of aryl methyl sites for hydroxylation is 2. The SMILES string of the molecule is CCOC(=O)c1nn(-c2ccc(C)cc2)c(=O)c2c(NC(=O)c3ccc(C)c([N+](=O)[O-])c3)scc12. The minimum Gasteiger partial charge on any atom is -0.461 e. The fourth-order valence-electron chi connectivity index (χ4n) is 3.48. The number of thiophene rings is 1. The highest BCUT2D eigenvalue weighted by Crippen LogP contribution is 2.31. The van der Waals surface area contributed by atoms with Crippen molar-refractivity contribution in [3.05, 3.63) is 90.7 Å². The molecule has 2 aromatic carbocycles. The van der Waals surface area contributed by atoms with E-state index < -0.39 is 22.4 Å². The van der Waals surface area contributed by atoms with Crippen LogP contribution < -0.4 is 10.9 Å². The third-order valence-corrected chi connectivity index (χ3v) is 6.19. The number of esters is 1. The maximum absolute atomic E-state index is 13.4. The summed E-state index contributed by atoms with van der Waals surface area (Å²) in [6.45, 7) is 5.25. The second-order valence-corrected chi connectivity index (χ2v) is 8.57. The monoisotopic (exact) mass is 492 g/mol. The van der Waals surface area contributed by atoms with Gasteiger partial charge in [-0.05, 0) is 39.0 Å². The van der Waals surface area contributed by atoms with Crippen LogP contribution in [-0.2, 0) is 4.74 Å². The van der Waals surface area contributed by atoms with Crippen LogP contribution in [0.15, 0.2) is 52.6 Å². The molecule has 0 unspecified atom stereocenters. The highest BCUT2D eigenvalue weighted by molar-refractivity contribution is 7.16. The number of ether oxygens (including phenoxy) is 1. The average Bonchev–Trinajstić information content (AvgIpc) is 3.24. The minimum atomic E-state index is -0.705. The fourth-order valence-corrected chi connectivity index (χ4v) is 4.41. The Labute approximate surface area is 202 Å². The van der Waals surface area contributed by atoms with Gasteiger partial charge in [-0.3, -0.25) is 19.7 Å². The Morgan fingerprint density at radius 1 is 1.17 bits per heavy atom. The molecule has 0 spiro atoms. The molecule has 10 nitrogen and oxygen atoms in total. The van der Waals surface area contributed by atoms with Gasteiger partial charge in [-0.15, -0.1) is 11.3 Å². The highest BCUT2D eigenvalue weighted by atomic mass is 32.1. The van der Waals surface area contributed by atoms with Gasteiger partial charge in [0.2, 0.25) is 0 Å². The Morgan fingerprint density at radius 2 is 1.89 bits per heavy atom. The number of carbonyl (C=O) groups is 2. The molecule has 0 aliphatic carbocycles. The molecular weight excluding hydrogens is 472 g/mol. The van der Waals surface area contributed by atoms with Crippen molar-refractivity contribution in [1.29, 1.82) is 0 Å². The quantitative estimate of drug-likeness (QED) is 0.239. The van der Waals surface area contributed by atoms with Gasteiger partial charge < -0.3 is 10.1 Å². The van der Waals surface area contributed by atoms with Crippen molar-refractivity contribution >= 4 is 44.7 Å². The molecule has 2 heterocycles. The van der Waals surface area contributed by atoms with Gasteiger partial charge in [0.1, 0.15) is 5.00 Å². The first-order valence-electron chi connectivity index (χ1n) is 10.6. The molecule has 11 heteroatoms. The third-order valence-electron chi connectivity index (χ3n) is 5.29. The Balaban J connectivity index is 1.85. The Bertz CT molecular complexity index is 1540. The van der Waals surface area contributed by atoms with Crippen molar-refractivity contribution in [2.45, 2.75) is 20.8 Å². The molecule has 35 heavy (non-hydrogen) atoms. The lowest BCUT2D eigenvalue weighted by Crippen LogP contribution is -2.25. The minimum absolute atomic E-state index is 0.0578. The summed E-state index contributed by atoms with van der Waals surface area (Å²) in [5, 5.41) is 20.2. The molecule has 0 radical (unpaired) electrons. The lowest BCUT2D eigenvalue weighted by molar-refractivity contribution is -0.385. The smallest absolute Gasteiger partial charge is 0.359 e. The molecule has 1 amide bonds. The maximum atomic E-state index is 13.4. The van der Waals surface area contributed by atoms with Gasteiger partial charge in [0.15, 0.2) is 5.69 Å². The molecule has 1 N–H and O–H groups in total. The highest BCUT2D eigenvalue weighted by Gasteiger charge is 2.24. The van der Waals surface area contributed by atoms with Gasteiger partial charge >= 0.3 is 5.97 Å². The van der Waals surface area contributed by atoms with E-state index in [0.717, 1.165) is 21.6 Å². The van der Waals surface area contributed by atoms with Gasteiger partial charge in [0, 0.05) is 28.0 Å². The zero-order valence-electron chi connectivity index (χ0n) is 19.0. The number of carbonyl (C=O) groups excluding carboxylic acids is 2. The van der Waals surface area contributed by atoms with Crippen molar-refractivity contribution in [3.63, 3.8) is 0 Å². The van der Waals surface area contributed by atoms with E-state index in [1.165, 1.54) is 18.2 Å². The largest absolute Gasteiger partial charge is 0.461 e. The summed E-state index contributed by atoms with van der Waals surface area (Å²) >= 11 is 1.04. The van der Waals surface area contributed by atoms with Crippen molar-refractivity contribution < 1.29 is 19.2 Å². The average molecular weight is 493 g/mol. The first-order valence-corrected chi connectivity index (χ1v) is 11.4. The van der Waals surface area contributed by atoms with Crippen LogP contribution in [0.5, 0.6) is 0 Å². The summed E-state index contributed by atoms with van der Waals surface area (Å²) in [7, 11) is 0. The van der Waals surface area contributed by atoms with E-state index in [-0.39, 0.29) is 39.3 Å². The van der Waals surface area contributed by atoms with Crippen molar-refractivity contribution in [2.24, 2.45) is 0 Å². The predicted molar refractivity (Wildman–Crippen MR) is 132 cm³/mol. The van der Waals surface area contributed by atoms with E-state index >= 15 is 0 Å². The van der Waals surface area contributed by atoms with Crippen molar-refractivity contribution in [2.75, 3.05) is 11.9 Å². The number of nitro benzene ring substituents is 1. The van der Waals surface area contributed by atoms with Crippen LogP contribution in [0, 0.1) is 24.0 Å². The Hall–Kier alpha value is -4.38. The number of hydrogen-bond acceptors (Lipinski definition) is 8. The van der Waals surface area contributed by atoms with E-state index in [1.807, 2.05) is 6.92 Å². The molecular formula is C24H20N4O6S. The molecule has 0 bridgehead atoms. The standard InChI is InChI=1S/C24H20N4O6S/c1-4-34-24(31)20-17-12-35-22(25-21(29)15-8-7-14(3)18(11-15)28(32)33)19(17)23(30)27(26-20)16-9-5-13(2)6-10-16/h5-12H,4H2,1-3H3,(H,25,29). The van der Waals surface area contributed by atoms with Gasteiger partial charge in [-0.1, -0.05) is 23.8 Å². The van der Waals surface area contributed by atoms with Crippen LogP contribution in [0.3, 0.4) is 0 Å². The summed E-state index contributed by atoms with van der Waals surface area (Å²) in [4.78, 5) is 49.7. The molecule has 0 fully saturated rings. The summed E-state index contributed by atoms with van der Waals surface area (Å²) in [6, 6.07) is 11.1. The number of nitrogens with zero attached hydrogens (tertiary/aromatic N) is 3. The zero-order valence-corrected chi connectivity index (χ0v) is 19.8. The number of hydrogen-bond donors (Lipinski definition) is 1. The first-order chi connectivity index (χ1) is 16.7. The number of anilines is 1.